The fraction of sp³-hybridized carbons (Fsp3) is 0.533. The van der Waals surface area contributed by atoms with Crippen molar-refractivity contribution < 1.29 is 0 Å². The van der Waals surface area contributed by atoms with E-state index in [4.69, 9.17) is 5.73 Å². The van der Waals surface area contributed by atoms with Crippen molar-refractivity contribution in [1.29, 1.82) is 0 Å². The molecule has 4 nitrogen and oxygen atoms in total. The Hall–Kier alpha value is -1.55. The Morgan fingerprint density at radius 2 is 2.21 bits per heavy atom. The molecule has 2 N–H and O–H groups in total. The minimum Gasteiger partial charge on any atom is -0.397 e. The zero-order chi connectivity index (χ0) is 13.4. The first-order valence-electron chi connectivity index (χ1n) is 7.15. The summed E-state index contributed by atoms with van der Waals surface area (Å²) in [5.41, 5.74) is 7.84. The lowest BCUT2D eigenvalue weighted by Gasteiger charge is -2.37. The molecule has 4 heteroatoms. The van der Waals surface area contributed by atoms with Gasteiger partial charge in [0.1, 0.15) is 5.82 Å². The Balaban J connectivity index is 2.05. The standard InChI is InChI=1S/C15H22N4/c1-11(2)18-8-4-3-7-13(18)15-17-10-14-12(16)6-5-9-19(14)15/h5-6,9-11,13H,3-4,7-8,16H2,1-2H3. The van der Waals surface area contributed by atoms with Gasteiger partial charge in [-0.2, -0.15) is 0 Å². The fourth-order valence-electron chi connectivity index (χ4n) is 3.16. The third kappa shape index (κ3) is 2.10. The van der Waals surface area contributed by atoms with Gasteiger partial charge in [-0.05, 0) is 45.4 Å². The number of hydrogen-bond acceptors (Lipinski definition) is 3. The largest absolute Gasteiger partial charge is 0.397 e. The summed E-state index contributed by atoms with van der Waals surface area (Å²) in [6.07, 6.45) is 7.73. The summed E-state index contributed by atoms with van der Waals surface area (Å²) in [5.74, 6) is 1.13. The van der Waals surface area contributed by atoms with E-state index in [2.05, 4.69) is 34.3 Å². The number of imidazole rings is 1. The average molecular weight is 258 g/mol. The first kappa shape index (κ1) is 12.5. The number of fused-ring (bicyclic) bond motifs is 1. The molecule has 0 aliphatic carbocycles. The van der Waals surface area contributed by atoms with E-state index in [0.29, 0.717) is 12.1 Å². The van der Waals surface area contributed by atoms with Crippen molar-refractivity contribution in [3.63, 3.8) is 0 Å². The average Bonchev–Trinajstić information content (AvgIpc) is 2.84. The molecule has 0 spiro atoms. The number of nitrogen functional groups attached to an aromatic ring is 1. The van der Waals surface area contributed by atoms with Crippen molar-refractivity contribution in [2.75, 3.05) is 12.3 Å². The van der Waals surface area contributed by atoms with Gasteiger partial charge in [-0.3, -0.25) is 4.90 Å². The summed E-state index contributed by atoms with van der Waals surface area (Å²) < 4.78 is 2.15. The van der Waals surface area contributed by atoms with Gasteiger partial charge < -0.3 is 10.1 Å². The van der Waals surface area contributed by atoms with Gasteiger partial charge in [0.15, 0.2) is 0 Å². The zero-order valence-corrected chi connectivity index (χ0v) is 11.7. The number of likely N-dealkylation sites (tertiary alicyclic amines) is 1. The molecule has 1 aliphatic rings. The molecule has 1 unspecified atom stereocenters. The number of aromatic nitrogens is 2. The molecule has 19 heavy (non-hydrogen) atoms. The van der Waals surface area contributed by atoms with E-state index >= 15 is 0 Å². The van der Waals surface area contributed by atoms with Crippen LogP contribution in [-0.2, 0) is 0 Å². The van der Waals surface area contributed by atoms with E-state index in [0.717, 1.165) is 17.0 Å². The monoisotopic (exact) mass is 258 g/mol. The van der Waals surface area contributed by atoms with Gasteiger partial charge in [-0.1, -0.05) is 6.42 Å². The van der Waals surface area contributed by atoms with Crippen LogP contribution in [0.15, 0.2) is 24.5 Å². The minimum absolute atomic E-state index is 0.415. The maximum absolute atomic E-state index is 6.02. The number of piperidine rings is 1. The van der Waals surface area contributed by atoms with Gasteiger partial charge in [0.2, 0.25) is 0 Å². The number of hydrogen-bond donors (Lipinski definition) is 1. The predicted octanol–water partition coefficient (Wildman–Crippen LogP) is 2.85. The second kappa shape index (κ2) is 4.85. The highest BCUT2D eigenvalue weighted by Crippen LogP contribution is 2.32. The summed E-state index contributed by atoms with van der Waals surface area (Å²) in [6, 6.07) is 4.90. The van der Waals surface area contributed by atoms with Crippen LogP contribution in [0, 0.1) is 0 Å². The Morgan fingerprint density at radius 3 is 3.00 bits per heavy atom. The SMILES string of the molecule is CC(C)N1CCCCC1c1ncc2c(N)cccn12. The molecule has 3 heterocycles. The Bertz CT molecular complexity index is 573. The van der Waals surface area contributed by atoms with E-state index in [-0.39, 0.29) is 0 Å². The van der Waals surface area contributed by atoms with Gasteiger partial charge >= 0.3 is 0 Å². The van der Waals surface area contributed by atoms with E-state index < -0.39 is 0 Å². The first-order chi connectivity index (χ1) is 9.18. The van der Waals surface area contributed by atoms with Crippen molar-refractivity contribution in [3.8, 4) is 0 Å². The number of rotatable bonds is 2. The van der Waals surface area contributed by atoms with Crippen LogP contribution in [0.1, 0.15) is 45.0 Å². The topological polar surface area (TPSA) is 46.6 Å². The van der Waals surface area contributed by atoms with Gasteiger partial charge in [0, 0.05) is 12.2 Å². The highest BCUT2D eigenvalue weighted by atomic mass is 15.2. The van der Waals surface area contributed by atoms with Crippen molar-refractivity contribution in [1.82, 2.24) is 14.3 Å². The number of anilines is 1. The van der Waals surface area contributed by atoms with Crippen LogP contribution in [0.4, 0.5) is 5.69 Å². The fourth-order valence-corrected chi connectivity index (χ4v) is 3.16. The van der Waals surface area contributed by atoms with Gasteiger partial charge in [0.25, 0.3) is 0 Å². The molecule has 0 bridgehead atoms. The van der Waals surface area contributed by atoms with Crippen LogP contribution in [0.5, 0.6) is 0 Å². The Morgan fingerprint density at radius 1 is 1.37 bits per heavy atom. The maximum Gasteiger partial charge on any atom is 0.130 e. The minimum atomic E-state index is 0.415. The van der Waals surface area contributed by atoms with Crippen molar-refractivity contribution in [3.05, 3.63) is 30.4 Å². The molecule has 0 saturated carbocycles. The summed E-state index contributed by atoms with van der Waals surface area (Å²) in [5, 5.41) is 0. The number of nitrogens with zero attached hydrogens (tertiary/aromatic N) is 3. The zero-order valence-electron chi connectivity index (χ0n) is 11.7. The second-order valence-corrected chi connectivity index (χ2v) is 5.68. The highest BCUT2D eigenvalue weighted by Gasteiger charge is 2.28. The lowest BCUT2D eigenvalue weighted by atomic mass is 10.00. The number of nitrogens with two attached hydrogens (primary N) is 1. The summed E-state index contributed by atoms with van der Waals surface area (Å²) in [6.45, 7) is 5.70. The summed E-state index contributed by atoms with van der Waals surface area (Å²) in [4.78, 5) is 7.21. The molecule has 1 saturated heterocycles. The van der Waals surface area contributed by atoms with Gasteiger partial charge in [-0.25, -0.2) is 4.98 Å². The van der Waals surface area contributed by atoms with Crippen LogP contribution >= 0.6 is 0 Å². The summed E-state index contributed by atoms with van der Waals surface area (Å²) >= 11 is 0. The smallest absolute Gasteiger partial charge is 0.130 e. The van der Waals surface area contributed by atoms with Crippen LogP contribution in [0.25, 0.3) is 5.52 Å². The quantitative estimate of drug-likeness (QED) is 0.901. The van der Waals surface area contributed by atoms with E-state index in [1.165, 1.54) is 25.8 Å². The van der Waals surface area contributed by atoms with E-state index in [1.54, 1.807) is 0 Å². The molecule has 1 aliphatic heterocycles. The maximum atomic E-state index is 6.02. The van der Waals surface area contributed by atoms with Crippen molar-refractivity contribution in [2.24, 2.45) is 0 Å². The molecule has 1 atom stereocenters. The van der Waals surface area contributed by atoms with Crippen LogP contribution in [0.3, 0.4) is 0 Å². The second-order valence-electron chi connectivity index (χ2n) is 5.68. The first-order valence-corrected chi connectivity index (χ1v) is 7.15. The third-order valence-corrected chi connectivity index (χ3v) is 4.14. The molecule has 0 amide bonds. The van der Waals surface area contributed by atoms with E-state index in [9.17, 15) is 0 Å². The lowest BCUT2D eigenvalue weighted by Crippen LogP contribution is -2.39. The van der Waals surface area contributed by atoms with E-state index in [1.807, 2.05) is 18.3 Å². The molecular formula is C15H22N4. The van der Waals surface area contributed by atoms with Crippen LogP contribution in [0.2, 0.25) is 0 Å². The van der Waals surface area contributed by atoms with Gasteiger partial charge in [0.05, 0.1) is 23.4 Å². The van der Waals surface area contributed by atoms with Crippen molar-refractivity contribution >= 4 is 11.2 Å². The highest BCUT2D eigenvalue weighted by molar-refractivity contribution is 5.68. The molecule has 102 valence electrons. The molecular weight excluding hydrogens is 236 g/mol. The Labute approximate surface area is 114 Å². The Kier molecular flexibility index (Phi) is 3.19. The molecule has 2 aromatic heterocycles. The molecule has 0 aromatic carbocycles. The molecule has 1 fully saturated rings. The van der Waals surface area contributed by atoms with Crippen molar-refractivity contribution in [2.45, 2.75) is 45.2 Å². The predicted molar refractivity (Wildman–Crippen MR) is 78.0 cm³/mol. The van der Waals surface area contributed by atoms with Crippen LogP contribution in [-0.4, -0.2) is 26.9 Å². The summed E-state index contributed by atoms with van der Waals surface area (Å²) in [7, 11) is 0. The van der Waals surface area contributed by atoms with Gasteiger partial charge in [-0.15, -0.1) is 0 Å². The number of pyridine rings is 1. The third-order valence-electron chi connectivity index (χ3n) is 4.14. The lowest BCUT2D eigenvalue weighted by molar-refractivity contribution is 0.106. The van der Waals surface area contributed by atoms with Crippen LogP contribution < -0.4 is 5.73 Å². The molecule has 2 aromatic rings. The normalized spacial score (nSPS) is 21.3. The molecule has 0 radical (unpaired) electrons. The molecule has 3 rings (SSSR count).